The van der Waals surface area contributed by atoms with E-state index in [2.05, 4.69) is 24.0 Å². The number of carbonyl (C=O) groups excluding carboxylic acids is 1. The smallest absolute Gasteiger partial charge is 0.276 e. The summed E-state index contributed by atoms with van der Waals surface area (Å²) in [5.41, 5.74) is 8.84. The van der Waals surface area contributed by atoms with Gasteiger partial charge in [0.25, 0.3) is 5.89 Å². The molecule has 2 aromatic heterocycles. The molecule has 2 heterocycles. The highest BCUT2D eigenvalue weighted by Crippen LogP contribution is 2.32. The standard InChI is InChI=1S/C26H34N4O6/c1-6-16(7-2)20-11-19(34-5)12-21(28-20)26-29-25(30-36-26)17-8-14(3)23(15(4)9-17)35-13-18(31)10-22(32)24(27)33/h8-9,11-12,16,18,22,31-32H,6-7,10,13H2,1-5H3,(H2,27,33)/t18-,22?/m0/s1. The summed E-state index contributed by atoms with van der Waals surface area (Å²) in [7, 11) is 1.61. The zero-order valence-electron chi connectivity index (χ0n) is 21.3. The van der Waals surface area contributed by atoms with Crippen molar-refractivity contribution in [2.24, 2.45) is 5.73 Å². The molecule has 0 spiro atoms. The molecular formula is C26H34N4O6. The third kappa shape index (κ3) is 6.38. The van der Waals surface area contributed by atoms with E-state index < -0.39 is 18.1 Å². The molecule has 3 rings (SSSR count). The lowest BCUT2D eigenvalue weighted by molar-refractivity contribution is -0.127. The number of aliphatic hydroxyl groups excluding tert-OH is 2. The molecule has 194 valence electrons. The van der Waals surface area contributed by atoms with Gasteiger partial charge >= 0.3 is 0 Å². The molecule has 36 heavy (non-hydrogen) atoms. The molecule has 10 nitrogen and oxygen atoms in total. The number of nitrogens with zero attached hydrogens (tertiary/aromatic N) is 3. The summed E-state index contributed by atoms with van der Waals surface area (Å²) < 4.78 is 16.8. The minimum Gasteiger partial charge on any atom is -0.497 e. The van der Waals surface area contributed by atoms with Crippen LogP contribution in [0.5, 0.6) is 11.5 Å². The predicted molar refractivity (Wildman–Crippen MR) is 134 cm³/mol. The molecule has 0 saturated carbocycles. The number of primary amides is 1. The Kier molecular flexibility index (Phi) is 9.00. The van der Waals surface area contributed by atoms with Gasteiger partial charge in [-0.25, -0.2) is 4.98 Å². The zero-order chi connectivity index (χ0) is 26.4. The zero-order valence-corrected chi connectivity index (χ0v) is 21.3. The molecule has 0 aliphatic rings. The van der Waals surface area contributed by atoms with Crippen molar-refractivity contribution in [2.45, 2.75) is 65.1 Å². The highest BCUT2D eigenvalue weighted by atomic mass is 16.5. The molecule has 0 aliphatic carbocycles. The van der Waals surface area contributed by atoms with Crippen LogP contribution >= 0.6 is 0 Å². The van der Waals surface area contributed by atoms with Gasteiger partial charge in [-0.2, -0.15) is 4.98 Å². The van der Waals surface area contributed by atoms with Crippen molar-refractivity contribution in [3.63, 3.8) is 0 Å². The summed E-state index contributed by atoms with van der Waals surface area (Å²) in [5, 5.41) is 23.7. The molecule has 0 aliphatic heterocycles. The van der Waals surface area contributed by atoms with E-state index in [1.807, 2.05) is 32.0 Å². The fourth-order valence-electron chi connectivity index (χ4n) is 4.04. The van der Waals surface area contributed by atoms with Crippen LogP contribution in [0.2, 0.25) is 0 Å². The van der Waals surface area contributed by atoms with Crippen LogP contribution in [-0.4, -0.2) is 57.2 Å². The first-order valence-corrected chi connectivity index (χ1v) is 12.0. The highest BCUT2D eigenvalue weighted by molar-refractivity contribution is 5.78. The van der Waals surface area contributed by atoms with Gasteiger partial charge in [0.2, 0.25) is 11.7 Å². The molecule has 0 fully saturated rings. The van der Waals surface area contributed by atoms with E-state index in [-0.39, 0.29) is 13.0 Å². The molecule has 2 atom stereocenters. The van der Waals surface area contributed by atoms with Gasteiger partial charge in [0.1, 0.15) is 29.9 Å². The van der Waals surface area contributed by atoms with Crippen LogP contribution in [0.25, 0.3) is 23.0 Å². The Labute approximate surface area is 210 Å². The number of aryl methyl sites for hydroxylation is 2. The minimum absolute atomic E-state index is 0.0991. The van der Waals surface area contributed by atoms with Crippen molar-refractivity contribution in [3.05, 3.63) is 41.1 Å². The first-order chi connectivity index (χ1) is 17.2. The number of aromatic nitrogens is 3. The van der Waals surface area contributed by atoms with Crippen LogP contribution in [0.15, 0.2) is 28.8 Å². The molecule has 0 saturated heterocycles. The third-order valence-corrected chi connectivity index (χ3v) is 6.07. The quantitative estimate of drug-likeness (QED) is 0.341. The van der Waals surface area contributed by atoms with Crippen molar-refractivity contribution >= 4 is 5.91 Å². The van der Waals surface area contributed by atoms with E-state index >= 15 is 0 Å². The second-order valence-electron chi connectivity index (χ2n) is 8.81. The summed E-state index contributed by atoms with van der Waals surface area (Å²) in [6, 6.07) is 7.43. The Morgan fingerprint density at radius 1 is 1.08 bits per heavy atom. The minimum atomic E-state index is -1.43. The van der Waals surface area contributed by atoms with Crippen molar-refractivity contribution in [1.29, 1.82) is 0 Å². The number of benzene rings is 1. The molecule has 0 bridgehead atoms. The van der Waals surface area contributed by atoms with Crippen LogP contribution < -0.4 is 15.2 Å². The molecule has 4 N–H and O–H groups in total. The van der Waals surface area contributed by atoms with E-state index in [9.17, 15) is 15.0 Å². The van der Waals surface area contributed by atoms with Crippen LogP contribution in [0.3, 0.4) is 0 Å². The Balaban J connectivity index is 1.82. The number of pyridine rings is 1. The van der Waals surface area contributed by atoms with Gasteiger partial charge in [-0.3, -0.25) is 4.79 Å². The van der Waals surface area contributed by atoms with Crippen LogP contribution in [-0.2, 0) is 4.79 Å². The Morgan fingerprint density at radius 3 is 2.33 bits per heavy atom. The van der Waals surface area contributed by atoms with E-state index in [1.165, 1.54) is 0 Å². The number of nitrogens with two attached hydrogens (primary N) is 1. The van der Waals surface area contributed by atoms with Gasteiger partial charge in [-0.05, 0) is 49.9 Å². The van der Waals surface area contributed by atoms with E-state index in [0.717, 1.165) is 35.2 Å². The van der Waals surface area contributed by atoms with Crippen LogP contribution in [0.1, 0.15) is 55.8 Å². The second-order valence-corrected chi connectivity index (χ2v) is 8.81. The number of hydrogen-bond donors (Lipinski definition) is 3. The van der Waals surface area contributed by atoms with E-state index in [4.69, 9.17) is 24.7 Å². The maximum atomic E-state index is 11.0. The molecule has 1 aromatic carbocycles. The SMILES string of the molecule is CCC(CC)c1cc(OC)cc(-c2nc(-c3cc(C)c(OC[C@@H](O)CC(O)C(N)=O)c(C)c3)no2)n1. The molecule has 0 radical (unpaired) electrons. The van der Waals surface area contributed by atoms with Gasteiger partial charge < -0.3 is 29.9 Å². The lowest BCUT2D eigenvalue weighted by atomic mass is 9.98. The topological polar surface area (TPSA) is 154 Å². The number of carbonyl (C=O) groups is 1. The Morgan fingerprint density at radius 2 is 1.75 bits per heavy atom. The number of methoxy groups -OCH3 is 1. The number of ether oxygens (including phenoxy) is 2. The Hall–Kier alpha value is -3.50. The second kappa shape index (κ2) is 12.0. The summed E-state index contributed by atoms with van der Waals surface area (Å²) in [6.45, 7) is 7.88. The van der Waals surface area contributed by atoms with Crippen molar-refractivity contribution < 1.29 is 29.0 Å². The number of hydrogen-bond acceptors (Lipinski definition) is 9. The summed E-state index contributed by atoms with van der Waals surface area (Å²) >= 11 is 0. The van der Waals surface area contributed by atoms with Crippen molar-refractivity contribution in [3.8, 4) is 34.5 Å². The average molecular weight is 499 g/mol. The lowest BCUT2D eigenvalue weighted by Crippen LogP contribution is -2.33. The van der Waals surface area contributed by atoms with Gasteiger partial charge in [0.05, 0.1) is 13.2 Å². The molecule has 3 aromatic rings. The first-order valence-electron chi connectivity index (χ1n) is 12.0. The number of amides is 1. The first kappa shape index (κ1) is 27.1. The highest BCUT2D eigenvalue weighted by Gasteiger charge is 2.20. The van der Waals surface area contributed by atoms with Gasteiger partial charge in [-0.1, -0.05) is 19.0 Å². The van der Waals surface area contributed by atoms with Crippen molar-refractivity contribution in [2.75, 3.05) is 13.7 Å². The predicted octanol–water partition coefficient (Wildman–Crippen LogP) is 3.30. The molecular weight excluding hydrogens is 464 g/mol. The fourth-order valence-corrected chi connectivity index (χ4v) is 4.04. The van der Waals surface area contributed by atoms with E-state index in [0.29, 0.717) is 34.8 Å². The number of aliphatic hydroxyl groups is 2. The molecule has 10 heteroatoms. The van der Waals surface area contributed by atoms with Gasteiger partial charge in [0.15, 0.2) is 0 Å². The Bertz CT molecular complexity index is 1170. The average Bonchev–Trinajstić information content (AvgIpc) is 3.34. The maximum absolute atomic E-state index is 11.0. The van der Waals surface area contributed by atoms with Gasteiger partial charge in [0, 0.05) is 35.7 Å². The molecule has 1 unspecified atom stereocenters. The van der Waals surface area contributed by atoms with Crippen LogP contribution in [0.4, 0.5) is 0 Å². The molecule has 1 amide bonds. The normalized spacial score (nSPS) is 13.0. The fraction of sp³-hybridized carbons (Fsp3) is 0.462. The monoisotopic (exact) mass is 498 g/mol. The van der Waals surface area contributed by atoms with Crippen molar-refractivity contribution in [1.82, 2.24) is 15.1 Å². The third-order valence-electron chi connectivity index (χ3n) is 6.07. The summed E-state index contributed by atoms with van der Waals surface area (Å²) in [5.74, 6) is 1.38. The lowest BCUT2D eigenvalue weighted by Gasteiger charge is -2.17. The van der Waals surface area contributed by atoms with Gasteiger partial charge in [-0.15, -0.1) is 0 Å². The summed E-state index contributed by atoms with van der Waals surface area (Å²) in [6.07, 6.45) is -0.757. The van der Waals surface area contributed by atoms with Crippen LogP contribution in [0, 0.1) is 13.8 Å². The summed E-state index contributed by atoms with van der Waals surface area (Å²) in [4.78, 5) is 20.3. The largest absolute Gasteiger partial charge is 0.497 e. The van der Waals surface area contributed by atoms with E-state index in [1.54, 1.807) is 13.2 Å². The number of rotatable bonds is 12. The maximum Gasteiger partial charge on any atom is 0.276 e.